The highest BCUT2D eigenvalue weighted by atomic mass is 16.5. The molecule has 0 radical (unpaired) electrons. The Morgan fingerprint density at radius 1 is 1.03 bits per heavy atom. The van der Waals surface area contributed by atoms with Crippen molar-refractivity contribution in [3.63, 3.8) is 0 Å². The van der Waals surface area contributed by atoms with E-state index < -0.39 is 0 Å². The number of urea groups is 1. The van der Waals surface area contributed by atoms with Crippen molar-refractivity contribution in [1.29, 1.82) is 0 Å². The van der Waals surface area contributed by atoms with E-state index in [1.807, 2.05) is 36.9 Å². The maximum atomic E-state index is 12.6. The zero-order valence-corrected chi connectivity index (χ0v) is 18.1. The molecule has 1 saturated heterocycles. The van der Waals surface area contributed by atoms with Gasteiger partial charge in [-0.05, 0) is 31.9 Å². The first-order valence-corrected chi connectivity index (χ1v) is 10.7. The number of hydrogen-bond donors (Lipinski definition) is 1. The predicted molar refractivity (Wildman–Crippen MR) is 113 cm³/mol. The molecule has 2 aliphatic rings. The van der Waals surface area contributed by atoms with Gasteiger partial charge in [-0.2, -0.15) is 0 Å². The van der Waals surface area contributed by atoms with Gasteiger partial charge in [0, 0.05) is 51.1 Å². The van der Waals surface area contributed by atoms with Crippen molar-refractivity contribution in [3.8, 4) is 5.75 Å². The van der Waals surface area contributed by atoms with Crippen molar-refractivity contribution in [2.45, 2.75) is 46.2 Å². The molecule has 0 aliphatic carbocycles. The van der Waals surface area contributed by atoms with Crippen molar-refractivity contribution < 1.29 is 19.1 Å². The summed E-state index contributed by atoms with van der Waals surface area (Å²) in [6.45, 7) is 9.32. The van der Waals surface area contributed by atoms with Gasteiger partial charge in [-0.15, -0.1) is 0 Å². The molecule has 3 rings (SSSR count). The minimum atomic E-state index is -0.0910. The van der Waals surface area contributed by atoms with Gasteiger partial charge in [0.1, 0.15) is 12.4 Å². The van der Waals surface area contributed by atoms with Gasteiger partial charge in [-0.25, -0.2) is 4.79 Å². The van der Waals surface area contributed by atoms with Crippen LogP contribution in [-0.4, -0.2) is 77.9 Å². The van der Waals surface area contributed by atoms with E-state index in [2.05, 4.69) is 5.32 Å². The van der Waals surface area contributed by atoms with Crippen molar-refractivity contribution in [2.75, 3.05) is 39.3 Å². The molecule has 4 amide bonds. The minimum Gasteiger partial charge on any atom is -0.491 e. The van der Waals surface area contributed by atoms with Crippen LogP contribution in [0.15, 0.2) is 18.2 Å². The van der Waals surface area contributed by atoms with Gasteiger partial charge < -0.3 is 24.8 Å². The standard InChI is InChI=1S/C22H32N4O4/c1-16(2)23-22(29)26-12-13-30-20-6-4-18(14-19(20)15-26)5-7-21(28)25-10-8-24(9-11-25)17(3)27/h4,6,14,16H,5,7-13,15H2,1-3H3,(H,23,29). The van der Waals surface area contributed by atoms with Crippen LogP contribution in [-0.2, 0) is 22.6 Å². The summed E-state index contributed by atoms with van der Waals surface area (Å²) in [5, 5.41) is 2.93. The fraction of sp³-hybridized carbons (Fsp3) is 0.591. The summed E-state index contributed by atoms with van der Waals surface area (Å²) in [5.74, 6) is 0.970. The summed E-state index contributed by atoms with van der Waals surface area (Å²) >= 11 is 0. The first kappa shape index (κ1) is 21.9. The van der Waals surface area contributed by atoms with Gasteiger partial charge in [0.2, 0.25) is 11.8 Å². The second kappa shape index (κ2) is 9.82. The van der Waals surface area contributed by atoms with Crippen LogP contribution < -0.4 is 10.1 Å². The molecule has 0 bridgehead atoms. The molecular weight excluding hydrogens is 384 g/mol. The third-order valence-electron chi connectivity index (χ3n) is 5.51. The largest absolute Gasteiger partial charge is 0.491 e. The van der Waals surface area contributed by atoms with Crippen LogP contribution in [0.3, 0.4) is 0 Å². The molecule has 8 heteroatoms. The second-order valence-electron chi connectivity index (χ2n) is 8.20. The number of aryl methyl sites for hydroxylation is 1. The number of piperazine rings is 1. The Morgan fingerprint density at radius 2 is 1.73 bits per heavy atom. The van der Waals surface area contributed by atoms with E-state index in [4.69, 9.17) is 4.74 Å². The number of hydrogen-bond acceptors (Lipinski definition) is 4. The van der Waals surface area contributed by atoms with E-state index >= 15 is 0 Å². The van der Waals surface area contributed by atoms with Gasteiger partial charge >= 0.3 is 6.03 Å². The molecule has 0 saturated carbocycles. The molecular formula is C22H32N4O4. The van der Waals surface area contributed by atoms with Gasteiger partial charge in [-0.3, -0.25) is 9.59 Å². The smallest absolute Gasteiger partial charge is 0.318 e. The summed E-state index contributed by atoms with van der Waals surface area (Å²) in [6, 6.07) is 5.95. The molecule has 2 aliphatic heterocycles. The maximum absolute atomic E-state index is 12.6. The lowest BCUT2D eigenvalue weighted by Gasteiger charge is -2.34. The van der Waals surface area contributed by atoms with E-state index in [9.17, 15) is 14.4 Å². The van der Waals surface area contributed by atoms with E-state index in [1.165, 1.54) is 0 Å². The normalized spacial score (nSPS) is 16.6. The number of nitrogens with one attached hydrogen (secondary N) is 1. The number of nitrogens with zero attached hydrogens (tertiary/aromatic N) is 3. The number of rotatable bonds is 4. The van der Waals surface area contributed by atoms with Crippen LogP contribution in [0.4, 0.5) is 4.79 Å². The molecule has 1 fully saturated rings. The van der Waals surface area contributed by atoms with Crippen molar-refractivity contribution in [2.24, 2.45) is 0 Å². The molecule has 0 aromatic heterocycles. The van der Waals surface area contributed by atoms with Gasteiger partial charge in [-0.1, -0.05) is 12.1 Å². The Morgan fingerprint density at radius 3 is 2.40 bits per heavy atom. The fourth-order valence-corrected chi connectivity index (χ4v) is 3.79. The molecule has 1 aromatic rings. The van der Waals surface area contributed by atoms with Gasteiger partial charge in [0.05, 0.1) is 13.1 Å². The predicted octanol–water partition coefficient (Wildman–Crippen LogP) is 1.62. The van der Waals surface area contributed by atoms with Crippen LogP contribution in [0.5, 0.6) is 5.75 Å². The topological polar surface area (TPSA) is 82.2 Å². The van der Waals surface area contributed by atoms with Crippen molar-refractivity contribution >= 4 is 17.8 Å². The third kappa shape index (κ3) is 5.64. The summed E-state index contributed by atoms with van der Waals surface area (Å²) in [7, 11) is 0. The molecule has 8 nitrogen and oxygen atoms in total. The van der Waals surface area contributed by atoms with Crippen LogP contribution in [0, 0.1) is 0 Å². The number of carbonyl (C=O) groups is 3. The average molecular weight is 417 g/mol. The Hall–Kier alpha value is -2.77. The van der Waals surface area contributed by atoms with E-state index in [0.717, 1.165) is 16.9 Å². The Balaban J connectivity index is 1.57. The Kier molecular flexibility index (Phi) is 7.18. The molecule has 2 heterocycles. The first-order chi connectivity index (χ1) is 14.3. The lowest BCUT2D eigenvalue weighted by molar-refractivity contribution is -0.138. The fourth-order valence-electron chi connectivity index (χ4n) is 3.79. The van der Waals surface area contributed by atoms with Crippen LogP contribution >= 0.6 is 0 Å². The van der Waals surface area contributed by atoms with E-state index in [0.29, 0.717) is 58.7 Å². The molecule has 0 unspecified atom stereocenters. The monoisotopic (exact) mass is 416 g/mol. The zero-order chi connectivity index (χ0) is 21.7. The Labute approximate surface area is 178 Å². The zero-order valence-electron chi connectivity index (χ0n) is 18.1. The molecule has 0 atom stereocenters. The highest BCUT2D eigenvalue weighted by Gasteiger charge is 2.23. The number of fused-ring (bicyclic) bond motifs is 1. The summed E-state index contributed by atoms with van der Waals surface area (Å²) in [6.07, 6.45) is 1.06. The molecule has 0 spiro atoms. The molecule has 1 aromatic carbocycles. The highest BCUT2D eigenvalue weighted by molar-refractivity contribution is 5.78. The number of ether oxygens (including phenoxy) is 1. The van der Waals surface area contributed by atoms with E-state index in [-0.39, 0.29) is 23.9 Å². The summed E-state index contributed by atoms with van der Waals surface area (Å²) in [5.41, 5.74) is 2.02. The average Bonchev–Trinajstić information content (AvgIpc) is 2.93. The first-order valence-electron chi connectivity index (χ1n) is 10.7. The van der Waals surface area contributed by atoms with Gasteiger partial charge in [0.25, 0.3) is 0 Å². The highest BCUT2D eigenvalue weighted by Crippen LogP contribution is 2.25. The Bertz CT molecular complexity index is 787. The molecule has 164 valence electrons. The van der Waals surface area contributed by atoms with Crippen molar-refractivity contribution in [1.82, 2.24) is 20.0 Å². The maximum Gasteiger partial charge on any atom is 0.318 e. The second-order valence-corrected chi connectivity index (χ2v) is 8.20. The molecule has 1 N–H and O–H groups in total. The van der Waals surface area contributed by atoms with Gasteiger partial charge in [0.15, 0.2) is 0 Å². The number of amides is 4. The summed E-state index contributed by atoms with van der Waals surface area (Å²) in [4.78, 5) is 41.8. The SMILES string of the molecule is CC(=O)N1CCN(C(=O)CCc2ccc3c(c2)CN(C(=O)NC(C)C)CCO3)CC1. The third-order valence-corrected chi connectivity index (χ3v) is 5.51. The van der Waals surface area contributed by atoms with Crippen LogP contribution in [0.25, 0.3) is 0 Å². The summed E-state index contributed by atoms with van der Waals surface area (Å²) < 4.78 is 5.81. The van der Waals surface area contributed by atoms with E-state index in [1.54, 1.807) is 16.7 Å². The quantitative estimate of drug-likeness (QED) is 0.809. The molecule has 30 heavy (non-hydrogen) atoms. The lowest BCUT2D eigenvalue weighted by Crippen LogP contribution is -2.50. The number of benzene rings is 1. The van der Waals surface area contributed by atoms with Crippen LogP contribution in [0.1, 0.15) is 38.3 Å². The van der Waals surface area contributed by atoms with Crippen molar-refractivity contribution in [3.05, 3.63) is 29.3 Å². The lowest BCUT2D eigenvalue weighted by atomic mass is 10.0. The van der Waals surface area contributed by atoms with Crippen LogP contribution in [0.2, 0.25) is 0 Å². The number of carbonyl (C=O) groups excluding carboxylic acids is 3. The minimum absolute atomic E-state index is 0.0606.